The highest BCUT2D eigenvalue weighted by molar-refractivity contribution is 5.32. The topological polar surface area (TPSA) is 76.3 Å². The first-order valence-corrected chi connectivity index (χ1v) is 2.96. The van der Waals surface area contributed by atoms with Gasteiger partial charge in [0.2, 0.25) is 5.82 Å². The predicted octanol–water partition coefficient (Wildman–Crippen LogP) is 1.17. The van der Waals surface area contributed by atoms with Crippen LogP contribution in [0.15, 0.2) is 0 Å². The van der Waals surface area contributed by atoms with Crippen molar-refractivity contribution in [1.82, 2.24) is 9.97 Å². The first-order chi connectivity index (χ1) is 5.99. The third kappa shape index (κ3) is 1.59. The van der Waals surface area contributed by atoms with Gasteiger partial charge in [-0.15, -0.1) is 0 Å². The zero-order valence-corrected chi connectivity index (χ0v) is 5.98. The van der Waals surface area contributed by atoms with Crippen molar-refractivity contribution in [3.63, 3.8) is 0 Å². The van der Waals surface area contributed by atoms with Gasteiger partial charge in [0.1, 0.15) is 12.1 Å². The summed E-state index contributed by atoms with van der Waals surface area (Å²) < 4.78 is 36.2. The van der Waals surface area contributed by atoms with Crippen LogP contribution in [0.1, 0.15) is 17.2 Å². The van der Waals surface area contributed by atoms with E-state index in [1.807, 2.05) is 0 Å². The number of aromatic nitrogens is 2. The van der Waals surface area contributed by atoms with Gasteiger partial charge in [-0.1, -0.05) is 0 Å². The molecule has 1 aromatic rings. The Hall–Kier alpha value is -2.02. The summed E-state index contributed by atoms with van der Waals surface area (Å²) >= 11 is 0. The molecule has 66 valence electrons. The number of nitrogens with one attached hydrogen (secondary N) is 1. The summed E-state index contributed by atoms with van der Waals surface area (Å²) in [6, 6.07) is 2.62. The van der Waals surface area contributed by atoms with Crippen LogP contribution in [0, 0.1) is 22.7 Å². The Morgan fingerprint density at radius 2 is 1.85 bits per heavy atom. The fourth-order valence-electron chi connectivity index (χ4n) is 0.712. The Morgan fingerprint density at radius 1 is 1.23 bits per heavy atom. The van der Waals surface area contributed by atoms with Crippen LogP contribution in [-0.2, 0) is 6.18 Å². The molecule has 0 aromatic carbocycles. The summed E-state index contributed by atoms with van der Waals surface area (Å²) in [5, 5.41) is 16.5. The number of halogens is 3. The minimum atomic E-state index is -4.69. The van der Waals surface area contributed by atoms with Crippen LogP contribution in [0.3, 0.4) is 0 Å². The summed E-state index contributed by atoms with van der Waals surface area (Å²) in [7, 11) is 0. The highest BCUT2D eigenvalue weighted by Crippen LogP contribution is 2.29. The van der Waals surface area contributed by atoms with E-state index in [9.17, 15) is 13.2 Å². The van der Waals surface area contributed by atoms with E-state index in [2.05, 4.69) is 4.98 Å². The largest absolute Gasteiger partial charge is 0.434 e. The third-order valence-corrected chi connectivity index (χ3v) is 1.20. The zero-order valence-electron chi connectivity index (χ0n) is 5.98. The number of hydrogen-bond acceptors (Lipinski definition) is 3. The molecule has 0 aliphatic heterocycles. The van der Waals surface area contributed by atoms with Gasteiger partial charge in [0, 0.05) is 0 Å². The molecule has 13 heavy (non-hydrogen) atoms. The van der Waals surface area contributed by atoms with E-state index in [0.29, 0.717) is 0 Å². The minimum absolute atomic E-state index is 0.524. The molecule has 4 nitrogen and oxygen atoms in total. The smallest absolute Gasteiger partial charge is 0.325 e. The number of H-pyrrole nitrogens is 1. The predicted molar refractivity (Wildman–Crippen MR) is 33.0 cm³/mol. The molecule has 1 N–H and O–H groups in total. The second-order valence-electron chi connectivity index (χ2n) is 2.03. The van der Waals surface area contributed by atoms with Crippen molar-refractivity contribution in [3.8, 4) is 12.1 Å². The molecule has 7 heteroatoms. The minimum Gasteiger partial charge on any atom is -0.325 e. The molecular formula is C6HF3N4. The number of nitrogens with zero attached hydrogens (tertiary/aromatic N) is 3. The average Bonchev–Trinajstić information content (AvgIpc) is 2.46. The van der Waals surface area contributed by atoms with Crippen LogP contribution in [0.4, 0.5) is 13.2 Å². The van der Waals surface area contributed by atoms with Crippen molar-refractivity contribution in [3.05, 3.63) is 17.2 Å². The van der Waals surface area contributed by atoms with Crippen LogP contribution in [0.5, 0.6) is 0 Å². The zero-order chi connectivity index (χ0) is 10.1. The van der Waals surface area contributed by atoms with Crippen LogP contribution >= 0.6 is 0 Å². The number of alkyl halides is 3. The second-order valence-corrected chi connectivity index (χ2v) is 2.03. The molecule has 0 aliphatic carbocycles. The van der Waals surface area contributed by atoms with Crippen molar-refractivity contribution in [1.29, 1.82) is 10.5 Å². The Balaban J connectivity index is 3.32. The molecule has 0 amide bonds. The molecule has 0 fully saturated rings. The van der Waals surface area contributed by atoms with Gasteiger partial charge in [0.15, 0.2) is 11.4 Å². The maximum absolute atomic E-state index is 12.1. The lowest BCUT2D eigenvalue weighted by molar-refractivity contribution is -0.141. The highest BCUT2D eigenvalue weighted by Gasteiger charge is 2.37. The average molecular weight is 186 g/mol. The summed E-state index contributed by atoms with van der Waals surface area (Å²) in [6.07, 6.45) is -4.69. The van der Waals surface area contributed by atoms with Crippen LogP contribution in [0.2, 0.25) is 0 Å². The van der Waals surface area contributed by atoms with E-state index in [-0.39, 0.29) is 0 Å². The molecule has 0 atom stereocenters. The van der Waals surface area contributed by atoms with E-state index in [1.54, 1.807) is 4.98 Å². The van der Waals surface area contributed by atoms with E-state index in [1.165, 1.54) is 12.1 Å². The SMILES string of the molecule is N#Cc1nc(C#N)c(C(F)(F)F)[nH]1. The van der Waals surface area contributed by atoms with Gasteiger partial charge in [-0.3, -0.25) is 0 Å². The van der Waals surface area contributed by atoms with Crippen molar-refractivity contribution in [2.45, 2.75) is 6.18 Å². The maximum atomic E-state index is 12.1. The van der Waals surface area contributed by atoms with E-state index in [4.69, 9.17) is 10.5 Å². The van der Waals surface area contributed by atoms with E-state index in [0.717, 1.165) is 0 Å². The summed E-state index contributed by atoms with van der Waals surface area (Å²) in [4.78, 5) is 4.82. The molecule has 0 bridgehead atoms. The number of hydrogen-bond donors (Lipinski definition) is 1. The quantitative estimate of drug-likeness (QED) is 0.660. The molecule has 1 aromatic heterocycles. The van der Waals surface area contributed by atoms with Crippen LogP contribution in [0.25, 0.3) is 0 Å². The van der Waals surface area contributed by atoms with Crippen molar-refractivity contribution < 1.29 is 13.2 Å². The monoisotopic (exact) mass is 186 g/mol. The van der Waals surface area contributed by atoms with Crippen LogP contribution < -0.4 is 0 Å². The van der Waals surface area contributed by atoms with E-state index < -0.39 is 23.4 Å². The Labute approximate surface area is 70.2 Å². The first kappa shape index (κ1) is 9.07. The summed E-state index contributed by atoms with van der Waals surface area (Å²) in [5.74, 6) is -0.524. The lowest BCUT2D eigenvalue weighted by Crippen LogP contribution is -2.07. The molecule has 0 saturated carbocycles. The summed E-state index contributed by atoms with van der Waals surface area (Å²) in [5.41, 5.74) is -2.10. The van der Waals surface area contributed by atoms with Gasteiger partial charge in [0.25, 0.3) is 0 Å². The van der Waals surface area contributed by atoms with Gasteiger partial charge >= 0.3 is 6.18 Å². The molecular weight excluding hydrogens is 185 g/mol. The molecule has 0 radical (unpaired) electrons. The number of imidazole rings is 1. The molecule has 0 saturated heterocycles. The Bertz CT molecular complexity index is 403. The van der Waals surface area contributed by atoms with Crippen LogP contribution in [-0.4, -0.2) is 9.97 Å². The Morgan fingerprint density at radius 3 is 2.15 bits per heavy atom. The van der Waals surface area contributed by atoms with Gasteiger partial charge < -0.3 is 4.98 Å². The standard InChI is InChI=1S/C6HF3N4/c7-6(8,9)5-3(1-10)12-4(2-11)13-5/h(H,12,13). The molecule has 0 aliphatic rings. The first-order valence-electron chi connectivity index (χ1n) is 2.96. The lowest BCUT2D eigenvalue weighted by Gasteiger charge is -2.01. The van der Waals surface area contributed by atoms with Gasteiger partial charge in [-0.2, -0.15) is 23.7 Å². The van der Waals surface area contributed by atoms with Gasteiger partial charge in [0.05, 0.1) is 0 Å². The maximum Gasteiger partial charge on any atom is 0.434 e. The lowest BCUT2D eigenvalue weighted by atomic mass is 10.3. The van der Waals surface area contributed by atoms with Gasteiger partial charge in [-0.25, -0.2) is 4.98 Å². The molecule has 0 unspecified atom stereocenters. The highest BCUT2D eigenvalue weighted by atomic mass is 19.4. The molecule has 0 spiro atoms. The molecule has 1 rings (SSSR count). The fourth-order valence-corrected chi connectivity index (χ4v) is 0.712. The third-order valence-electron chi connectivity index (χ3n) is 1.20. The van der Waals surface area contributed by atoms with Gasteiger partial charge in [-0.05, 0) is 0 Å². The number of nitriles is 2. The van der Waals surface area contributed by atoms with Crippen molar-refractivity contribution in [2.24, 2.45) is 0 Å². The second kappa shape index (κ2) is 2.79. The normalized spacial score (nSPS) is 10.5. The van der Waals surface area contributed by atoms with Crippen molar-refractivity contribution >= 4 is 0 Å². The Kier molecular flexibility index (Phi) is 1.95. The number of rotatable bonds is 0. The van der Waals surface area contributed by atoms with Crippen molar-refractivity contribution in [2.75, 3.05) is 0 Å². The fraction of sp³-hybridized carbons (Fsp3) is 0.167. The molecule has 1 heterocycles. The summed E-state index contributed by atoms with van der Waals surface area (Å²) in [6.45, 7) is 0. The van der Waals surface area contributed by atoms with E-state index >= 15 is 0 Å². The number of aromatic amines is 1.